The van der Waals surface area contributed by atoms with E-state index < -0.39 is 6.79 Å². The van der Waals surface area contributed by atoms with Gasteiger partial charge in [-0.05, 0) is 13.5 Å². The second-order valence-electron chi connectivity index (χ2n) is 4.38. The molecule has 0 aromatic carbocycles. The van der Waals surface area contributed by atoms with Crippen LogP contribution in [0, 0.1) is 6.92 Å². The second kappa shape index (κ2) is 32.5. The fraction of sp³-hybridized carbons (Fsp3) is 0.938. The molecular weight excluding hydrogens is 405 g/mol. The third-order valence-electron chi connectivity index (χ3n) is 2.85. The van der Waals surface area contributed by atoms with Crippen molar-refractivity contribution in [3.63, 3.8) is 0 Å². The summed E-state index contributed by atoms with van der Waals surface area (Å²) in [5.74, 6) is 0. The summed E-state index contributed by atoms with van der Waals surface area (Å²) in [6, 6.07) is 0. The average Bonchev–Trinajstić information content (AvgIpc) is 2.66. The van der Waals surface area contributed by atoms with Crippen LogP contribution in [-0.2, 0) is 42.2 Å². The van der Waals surface area contributed by atoms with Crippen LogP contribution in [0.2, 0.25) is 0 Å². The second-order valence-corrected chi connectivity index (χ2v) is 4.38. The summed E-state index contributed by atoms with van der Waals surface area (Å²) >= 11 is 0. The van der Waals surface area contributed by atoms with Crippen molar-refractivity contribution in [2.75, 3.05) is 79.3 Å². The van der Waals surface area contributed by atoms with Crippen LogP contribution in [0.4, 0.5) is 0 Å². The maximum absolute atomic E-state index is 8.56. The quantitative estimate of drug-likeness (QED) is 0.330. The summed E-state index contributed by atoms with van der Waals surface area (Å²) in [4.78, 5) is 4.34. The van der Waals surface area contributed by atoms with Gasteiger partial charge in [-0.15, -0.1) is 0 Å². The first-order valence-electron chi connectivity index (χ1n) is 8.44. The number of likely N-dealkylation sites (N-methyl/N-ethyl adjacent to an activating group) is 1. The van der Waals surface area contributed by atoms with E-state index in [1.807, 2.05) is 4.90 Å². The predicted molar refractivity (Wildman–Crippen MR) is 95.5 cm³/mol. The Hall–Kier alpha value is 0.784. The van der Waals surface area contributed by atoms with Crippen LogP contribution in [0.5, 0.6) is 0 Å². The van der Waals surface area contributed by atoms with Crippen molar-refractivity contribution in [2.24, 2.45) is 0 Å². The molecule has 1 radical (unpaired) electrons. The third-order valence-corrected chi connectivity index (χ3v) is 2.85. The van der Waals surface area contributed by atoms with Gasteiger partial charge in [0.1, 0.15) is 6.79 Å². The van der Waals surface area contributed by atoms with Crippen molar-refractivity contribution in [3.8, 4) is 0 Å². The number of hydrogen-bond donors (Lipinski definition) is 4. The van der Waals surface area contributed by atoms with Crippen LogP contribution >= 0.6 is 0 Å². The van der Waals surface area contributed by atoms with Crippen molar-refractivity contribution in [3.05, 3.63) is 6.92 Å². The van der Waals surface area contributed by atoms with Crippen molar-refractivity contribution in [2.45, 2.75) is 20.8 Å². The first-order valence-corrected chi connectivity index (χ1v) is 8.44. The zero-order chi connectivity index (χ0) is 19.1. The van der Waals surface area contributed by atoms with Gasteiger partial charge in [-0.25, -0.2) is 0 Å². The Morgan fingerprint density at radius 3 is 1.20 bits per heavy atom. The molecule has 2 aliphatic heterocycles. The molecule has 0 saturated carbocycles. The van der Waals surface area contributed by atoms with Crippen LogP contribution in [-0.4, -0.2) is 110 Å². The van der Waals surface area contributed by atoms with Crippen LogP contribution in [0.3, 0.4) is 0 Å². The molecule has 4 N–H and O–H groups in total. The van der Waals surface area contributed by atoms with Crippen molar-refractivity contribution in [1.82, 2.24) is 9.80 Å². The van der Waals surface area contributed by atoms with E-state index in [0.717, 1.165) is 52.6 Å². The SMILES string of the molecule is CCN1CCOCC1.CCO.OCN1CCOCC1.OCO.[CH2-]C.[Y]. The Labute approximate surface area is 179 Å². The Morgan fingerprint density at radius 2 is 1.04 bits per heavy atom. The van der Waals surface area contributed by atoms with Gasteiger partial charge in [0.05, 0.1) is 33.2 Å². The molecule has 0 spiro atoms. The topological polar surface area (TPSA) is 106 Å². The Balaban J connectivity index is -0.000000122. The van der Waals surface area contributed by atoms with Gasteiger partial charge in [-0.3, -0.25) is 9.80 Å². The normalized spacial score (nSPS) is 16.8. The van der Waals surface area contributed by atoms with Gasteiger partial charge in [-0.1, -0.05) is 6.92 Å². The number of hydrogen-bond acceptors (Lipinski definition) is 8. The molecule has 153 valence electrons. The van der Waals surface area contributed by atoms with Gasteiger partial charge in [0, 0.05) is 65.5 Å². The molecule has 0 amide bonds. The van der Waals surface area contributed by atoms with E-state index in [0.29, 0.717) is 0 Å². The summed E-state index contributed by atoms with van der Waals surface area (Å²) < 4.78 is 10.2. The molecule has 2 fully saturated rings. The van der Waals surface area contributed by atoms with E-state index in [1.54, 1.807) is 13.8 Å². The zero-order valence-corrected chi connectivity index (χ0v) is 19.1. The van der Waals surface area contributed by atoms with Crippen molar-refractivity contribution < 1.29 is 62.6 Å². The van der Waals surface area contributed by atoms with E-state index in [2.05, 4.69) is 18.7 Å². The van der Waals surface area contributed by atoms with E-state index in [9.17, 15) is 0 Å². The number of aliphatic hydroxyl groups is 4. The van der Waals surface area contributed by atoms with Crippen LogP contribution in [0.1, 0.15) is 20.8 Å². The maximum Gasteiger partial charge on any atom is 0.140 e. The first-order chi connectivity index (χ1) is 11.7. The minimum absolute atomic E-state index is 0. The van der Waals surface area contributed by atoms with Gasteiger partial charge in [-0.2, -0.15) is 6.92 Å². The fourth-order valence-corrected chi connectivity index (χ4v) is 1.66. The molecule has 2 rings (SSSR count). The largest absolute Gasteiger partial charge is 0.397 e. The van der Waals surface area contributed by atoms with Crippen LogP contribution in [0.15, 0.2) is 0 Å². The van der Waals surface area contributed by atoms with E-state index in [4.69, 9.17) is 29.9 Å². The smallest absolute Gasteiger partial charge is 0.140 e. The average molecular weight is 444 g/mol. The third kappa shape index (κ3) is 29.8. The van der Waals surface area contributed by atoms with Gasteiger partial charge < -0.3 is 36.8 Å². The van der Waals surface area contributed by atoms with E-state index in [1.165, 1.54) is 6.54 Å². The molecule has 2 saturated heterocycles. The minimum atomic E-state index is -0.750. The van der Waals surface area contributed by atoms with Gasteiger partial charge in [0.15, 0.2) is 0 Å². The van der Waals surface area contributed by atoms with Crippen LogP contribution in [0.25, 0.3) is 0 Å². The Bertz CT molecular complexity index is 175. The molecule has 9 heteroatoms. The number of morpholine rings is 2. The summed E-state index contributed by atoms with van der Waals surface area (Å²) in [6.07, 6.45) is 0. The van der Waals surface area contributed by atoms with Crippen molar-refractivity contribution in [1.29, 1.82) is 0 Å². The number of aliphatic hydroxyl groups excluding tert-OH is 3. The number of ether oxygens (including phenoxy) is 2. The summed E-state index contributed by atoms with van der Waals surface area (Å²) in [6.45, 7) is 17.1. The van der Waals surface area contributed by atoms with Crippen molar-refractivity contribution >= 4 is 0 Å². The van der Waals surface area contributed by atoms with Gasteiger partial charge in [0.2, 0.25) is 0 Å². The summed E-state index contributed by atoms with van der Waals surface area (Å²) in [7, 11) is 0. The summed E-state index contributed by atoms with van der Waals surface area (Å²) in [5.41, 5.74) is 0. The molecule has 0 bridgehead atoms. The molecular formula is C16H39N2O6Y-. The fourth-order valence-electron chi connectivity index (χ4n) is 1.66. The Morgan fingerprint density at radius 1 is 0.760 bits per heavy atom. The monoisotopic (exact) mass is 444 g/mol. The zero-order valence-electron chi connectivity index (χ0n) is 16.3. The molecule has 0 aromatic rings. The number of nitrogens with zero attached hydrogens (tertiary/aromatic N) is 2. The molecule has 8 nitrogen and oxygen atoms in total. The van der Waals surface area contributed by atoms with Gasteiger partial charge in [0.25, 0.3) is 0 Å². The molecule has 25 heavy (non-hydrogen) atoms. The van der Waals surface area contributed by atoms with E-state index >= 15 is 0 Å². The van der Waals surface area contributed by atoms with Gasteiger partial charge >= 0.3 is 0 Å². The maximum atomic E-state index is 8.56. The standard InChI is InChI=1S/C6H13NO.C5H11NO2.C2H6O.C2H5.CH4O2.Y/c1-2-7-3-5-8-6-4-7;7-5-6-1-3-8-4-2-6;1-2-3;1-2;2-1-3;/h2-6H2,1H3;7H,1-5H2;3H,2H2,1H3;1H2,2H3;2-3H,1H2;/q;;;-1;;. The molecule has 0 aromatic heterocycles. The molecule has 0 unspecified atom stereocenters. The molecule has 0 atom stereocenters. The predicted octanol–water partition coefficient (Wildman–Crippen LogP) is -0.628. The van der Waals surface area contributed by atoms with Crippen LogP contribution < -0.4 is 0 Å². The molecule has 2 heterocycles. The molecule has 2 aliphatic rings. The summed E-state index contributed by atoms with van der Waals surface area (Å²) in [5, 5.41) is 30.4. The first kappa shape index (κ1) is 33.4. The minimum Gasteiger partial charge on any atom is -0.397 e. The molecule has 0 aliphatic carbocycles. The Kier molecular flexibility index (Phi) is 43.3. The van der Waals surface area contributed by atoms with E-state index in [-0.39, 0.29) is 46.0 Å². The number of rotatable bonds is 2.